The number of aromatic nitrogens is 6. The zero-order valence-corrected chi connectivity index (χ0v) is 15.3. The summed E-state index contributed by atoms with van der Waals surface area (Å²) in [6.45, 7) is 3.26. The van der Waals surface area contributed by atoms with Crippen molar-refractivity contribution in [1.29, 1.82) is 0 Å². The molecule has 1 fully saturated rings. The van der Waals surface area contributed by atoms with Crippen molar-refractivity contribution in [2.45, 2.75) is 12.8 Å². The van der Waals surface area contributed by atoms with Crippen LogP contribution in [-0.2, 0) is 0 Å². The van der Waals surface area contributed by atoms with Crippen molar-refractivity contribution in [2.75, 3.05) is 32.0 Å². The van der Waals surface area contributed by atoms with Crippen LogP contribution < -0.4 is 5.32 Å². The lowest BCUT2D eigenvalue weighted by Gasteiger charge is -2.28. The van der Waals surface area contributed by atoms with Crippen LogP contribution in [0.15, 0.2) is 36.9 Å². The fraction of sp³-hybridized carbons (Fsp3) is 0.368. The molecule has 0 amide bonds. The molecule has 1 aliphatic heterocycles. The number of imidazole rings is 1. The minimum Gasteiger partial charge on any atom is -0.354 e. The smallest absolute Gasteiger partial charge is 0.224 e. The summed E-state index contributed by atoms with van der Waals surface area (Å²) in [5.74, 6) is 1.36. The van der Waals surface area contributed by atoms with E-state index in [0.29, 0.717) is 11.9 Å². The third-order valence-electron chi connectivity index (χ3n) is 5.35. The summed E-state index contributed by atoms with van der Waals surface area (Å²) < 4.78 is 1.77. The largest absolute Gasteiger partial charge is 0.354 e. The molecule has 0 bridgehead atoms. The molecular weight excluding hydrogens is 340 g/mol. The predicted octanol–water partition coefficient (Wildman–Crippen LogP) is 2.42. The van der Waals surface area contributed by atoms with Crippen molar-refractivity contribution in [2.24, 2.45) is 5.92 Å². The van der Waals surface area contributed by atoms with Crippen molar-refractivity contribution < 1.29 is 0 Å². The number of piperidine rings is 1. The Bertz CT molecular complexity index is 1070. The van der Waals surface area contributed by atoms with Gasteiger partial charge in [-0.2, -0.15) is 10.1 Å². The number of likely N-dealkylation sites (tertiary alicyclic amines) is 1. The molecule has 4 aromatic rings. The number of aromatic amines is 1. The molecule has 5 heterocycles. The second kappa shape index (κ2) is 6.62. The van der Waals surface area contributed by atoms with Gasteiger partial charge in [-0.15, -0.1) is 0 Å². The van der Waals surface area contributed by atoms with E-state index < -0.39 is 0 Å². The first-order valence-electron chi connectivity index (χ1n) is 9.33. The molecule has 5 rings (SSSR count). The maximum Gasteiger partial charge on any atom is 0.224 e. The van der Waals surface area contributed by atoms with Crippen LogP contribution in [0, 0.1) is 5.92 Å². The fourth-order valence-electron chi connectivity index (χ4n) is 3.66. The molecule has 27 heavy (non-hydrogen) atoms. The van der Waals surface area contributed by atoms with Crippen LogP contribution in [0.4, 0.5) is 5.95 Å². The molecule has 1 saturated heterocycles. The molecule has 0 saturated carbocycles. The highest BCUT2D eigenvalue weighted by Crippen LogP contribution is 2.26. The number of hydrogen-bond donors (Lipinski definition) is 2. The molecule has 0 radical (unpaired) electrons. The SMILES string of the molecule is CN1CCC(CNc2ncc3c(-c4ccc5nccn5n4)c[nH]c3n2)CC1. The third-order valence-corrected chi connectivity index (χ3v) is 5.35. The van der Waals surface area contributed by atoms with Crippen LogP contribution >= 0.6 is 0 Å². The van der Waals surface area contributed by atoms with Gasteiger partial charge in [0.1, 0.15) is 5.65 Å². The van der Waals surface area contributed by atoms with E-state index >= 15 is 0 Å². The zero-order valence-electron chi connectivity index (χ0n) is 15.3. The quantitative estimate of drug-likeness (QED) is 0.580. The number of H-pyrrole nitrogens is 1. The molecule has 2 N–H and O–H groups in total. The van der Waals surface area contributed by atoms with Gasteiger partial charge in [0.05, 0.1) is 5.69 Å². The van der Waals surface area contributed by atoms with Crippen molar-refractivity contribution in [1.82, 2.24) is 34.4 Å². The summed E-state index contributed by atoms with van der Waals surface area (Å²) in [5.41, 5.74) is 3.50. The maximum atomic E-state index is 4.64. The van der Waals surface area contributed by atoms with Gasteiger partial charge in [-0.1, -0.05) is 0 Å². The highest BCUT2D eigenvalue weighted by Gasteiger charge is 2.17. The van der Waals surface area contributed by atoms with Gasteiger partial charge in [0, 0.05) is 42.3 Å². The molecule has 0 aromatic carbocycles. The second-order valence-corrected chi connectivity index (χ2v) is 7.23. The maximum absolute atomic E-state index is 4.64. The average Bonchev–Trinajstić information content (AvgIpc) is 3.33. The summed E-state index contributed by atoms with van der Waals surface area (Å²) in [7, 11) is 2.18. The molecule has 0 unspecified atom stereocenters. The van der Waals surface area contributed by atoms with Crippen LogP contribution in [0.25, 0.3) is 27.9 Å². The number of anilines is 1. The standard InChI is InChI=1S/C19H22N8/c1-26-7-4-13(5-8-26)10-22-19-23-12-15-14(11-21-18(15)24-19)16-2-3-17-20-6-9-27(17)25-16/h2-3,6,9,11-13H,4-5,7-8,10H2,1H3,(H2,21,22,23,24). The van der Waals surface area contributed by atoms with Gasteiger partial charge in [0.2, 0.25) is 5.95 Å². The van der Waals surface area contributed by atoms with Gasteiger partial charge in [0.15, 0.2) is 5.65 Å². The van der Waals surface area contributed by atoms with Gasteiger partial charge < -0.3 is 15.2 Å². The molecule has 1 aliphatic rings. The van der Waals surface area contributed by atoms with E-state index in [0.717, 1.165) is 34.5 Å². The Labute approximate surface area is 156 Å². The van der Waals surface area contributed by atoms with Crippen molar-refractivity contribution in [3.8, 4) is 11.3 Å². The lowest BCUT2D eigenvalue weighted by molar-refractivity contribution is 0.226. The zero-order chi connectivity index (χ0) is 18.2. The van der Waals surface area contributed by atoms with Crippen LogP contribution in [0.3, 0.4) is 0 Å². The van der Waals surface area contributed by atoms with Crippen molar-refractivity contribution in [3.63, 3.8) is 0 Å². The summed E-state index contributed by atoms with van der Waals surface area (Å²) in [6, 6.07) is 3.93. The Hall–Kier alpha value is -3.00. The van der Waals surface area contributed by atoms with Crippen molar-refractivity contribution in [3.05, 3.63) is 36.9 Å². The van der Waals surface area contributed by atoms with Gasteiger partial charge >= 0.3 is 0 Å². The first-order chi connectivity index (χ1) is 13.3. The molecular formula is C19H22N8. The lowest BCUT2D eigenvalue weighted by Crippen LogP contribution is -2.33. The summed E-state index contributed by atoms with van der Waals surface area (Å²) >= 11 is 0. The van der Waals surface area contributed by atoms with Crippen LogP contribution in [-0.4, -0.2) is 61.1 Å². The molecule has 4 aromatic heterocycles. The Morgan fingerprint density at radius 2 is 2.11 bits per heavy atom. The molecule has 0 aliphatic carbocycles. The van der Waals surface area contributed by atoms with Crippen LogP contribution in [0.1, 0.15) is 12.8 Å². The Balaban J connectivity index is 1.36. The Morgan fingerprint density at radius 1 is 1.22 bits per heavy atom. The highest BCUT2D eigenvalue weighted by molar-refractivity contribution is 5.92. The van der Waals surface area contributed by atoms with E-state index in [4.69, 9.17) is 0 Å². The number of nitrogens with zero attached hydrogens (tertiary/aromatic N) is 6. The van der Waals surface area contributed by atoms with Crippen LogP contribution in [0.5, 0.6) is 0 Å². The number of nitrogens with one attached hydrogen (secondary N) is 2. The topological polar surface area (TPSA) is 87.0 Å². The molecule has 0 spiro atoms. The van der Waals surface area contributed by atoms with E-state index in [-0.39, 0.29) is 0 Å². The Kier molecular flexibility index (Phi) is 3.97. The van der Waals surface area contributed by atoms with E-state index in [2.05, 4.69) is 42.3 Å². The van der Waals surface area contributed by atoms with Gasteiger partial charge in [-0.3, -0.25) is 0 Å². The normalized spacial score (nSPS) is 16.3. The van der Waals surface area contributed by atoms with E-state index in [9.17, 15) is 0 Å². The van der Waals surface area contributed by atoms with Gasteiger partial charge in [0.25, 0.3) is 0 Å². The third kappa shape index (κ3) is 3.12. The molecule has 0 atom stereocenters. The van der Waals surface area contributed by atoms with E-state index in [1.807, 2.05) is 30.7 Å². The fourth-order valence-corrected chi connectivity index (χ4v) is 3.66. The van der Waals surface area contributed by atoms with E-state index in [1.165, 1.54) is 25.9 Å². The van der Waals surface area contributed by atoms with Crippen LogP contribution in [0.2, 0.25) is 0 Å². The molecule has 138 valence electrons. The minimum absolute atomic E-state index is 0.674. The monoisotopic (exact) mass is 362 g/mol. The van der Waals surface area contributed by atoms with Crippen molar-refractivity contribution >= 4 is 22.6 Å². The number of fused-ring (bicyclic) bond motifs is 2. The van der Waals surface area contributed by atoms with Gasteiger partial charge in [-0.05, 0) is 51.0 Å². The second-order valence-electron chi connectivity index (χ2n) is 7.23. The lowest BCUT2D eigenvalue weighted by atomic mass is 9.97. The summed E-state index contributed by atoms with van der Waals surface area (Å²) in [4.78, 5) is 19.0. The first kappa shape index (κ1) is 16.2. The summed E-state index contributed by atoms with van der Waals surface area (Å²) in [6.07, 6.45) is 9.83. The van der Waals surface area contributed by atoms with E-state index in [1.54, 1.807) is 10.7 Å². The molecule has 8 heteroatoms. The number of rotatable bonds is 4. The minimum atomic E-state index is 0.674. The first-order valence-corrected chi connectivity index (χ1v) is 9.33. The van der Waals surface area contributed by atoms with Gasteiger partial charge in [-0.25, -0.2) is 14.5 Å². The Morgan fingerprint density at radius 3 is 3.00 bits per heavy atom. The highest BCUT2D eigenvalue weighted by atomic mass is 15.2. The summed E-state index contributed by atoms with van der Waals surface area (Å²) in [5, 5.41) is 8.98. The number of hydrogen-bond acceptors (Lipinski definition) is 6. The average molecular weight is 362 g/mol. The predicted molar refractivity (Wildman–Crippen MR) is 105 cm³/mol. The molecule has 8 nitrogen and oxygen atoms in total.